The van der Waals surface area contributed by atoms with E-state index in [4.69, 9.17) is 25.2 Å². The van der Waals surface area contributed by atoms with Crippen molar-refractivity contribution in [2.75, 3.05) is 6.61 Å². The van der Waals surface area contributed by atoms with Crippen molar-refractivity contribution in [2.24, 2.45) is 0 Å². The van der Waals surface area contributed by atoms with Gasteiger partial charge in [0.2, 0.25) is 5.76 Å². The van der Waals surface area contributed by atoms with Gasteiger partial charge in [-0.25, -0.2) is 0 Å². The van der Waals surface area contributed by atoms with Gasteiger partial charge in [0.1, 0.15) is 17.1 Å². The van der Waals surface area contributed by atoms with Crippen molar-refractivity contribution in [2.45, 2.75) is 39.3 Å². The molecule has 0 saturated heterocycles. The summed E-state index contributed by atoms with van der Waals surface area (Å²) in [5, 5.41) is 0.821. The fourth-order valence-electron chi connectivity index (χ4n) is 4.33. The number of rotatable bonds is 7. The second-order valence-electron chi connectivity index (χ2n) is 8.46. The molecule has 4 aromatic rings. The molecule has 0 saturated carbocycles. The minimum absolute atomic E-state index is 0.0492. The fourth-order valence-corrected chi connectivity index (χ4v) is 4.49. The van der Waals surface area contributed by atoms with E-state index < -0.39 is 6.04 Å². The number of fused-ring (bicyclic) bond motifs is 2. The smallest absolute Gasteiger partial charge is 0.291 e. The van der Waals surface area contributed by atoms with Crippen LogP contribution in [-0.2, 0) is 6.54 Å². The SMILES string of the molecule is CCCCOc1cccc(C2c3c(oc4cc(C)c(Cl)cc4c3=O)C(=O)N2Cc2ccco2)c1. The van der Waals surface area contributed by atoms with E-state index in [2.05, 4.69) is 6.92 Å². The molecule has 0 fully saturated rings. The molecule has 1 aliphatic rings. The number of unbranched alkanes of at least 4 members (excludes halogenated alkanes) is 1. The normalized spacial score (nSPS) is 15.2. The number of carbonyl (C=O) groups excluding carboxylic acids is 1. The highest BCUT2D eigenvalue weighted by Crippen LogP contribution is 2.40. The van der Waals surface area contributed by atoms with Gasteiger partial charge in [0.15, 0.2) is 5.43 Å². The highest BCUT2D eigenvalue weighted by atomic mass is 35.5. The number of carbonyl (C=O) groups is 1. The zero-order chi connectivity index (χ0) is 23.8. The molecule has 0 N–H and O–H groups in total. The Balaban J connectivity index is 1.67. The van der Waals surface area contributed by atoms with Gasteiger partial charge >= 0.3 is 0 Å². The van der Waals surface area contributed by atoms with Crippen LogP contribution in [0.5, 0.6) is 5.75 Å². The van der Waals surface area contributed by atoms with E-state index in [9.17, 15) is 9.59 Å². The zero-order valence-corrected chi connectivity index (χ0v) is 19.7. The average molecular weight is 478 g/mol. The summed E-state index contributed by atoms with van der Waals surface area (Å²) < 4.78 is 17.4. The minimum atomic E-state index is -0.650. The molecule has 1 atom stereocenters. The highest BCUT2D eigenvalue weighted by Gasteiger charge is 2.43. The second kappa shape index (κ2) is 9.03. The molecule has 2 aromatic carbocycles. The quantitative estimate of drug-likeness (QED) is 0.293. The van der Waals surface area contributed by atoms with Crippen LogP contribution in [0, 0.1) is 6.92 Å². The first kappa shape index (κ1) is 22.3. The Kier molecular flexibility index (Phi) is 5.92. The molecular weight excluding hydrogens is 454 g/mol. The van der Waals surface area contributed by atoms with Crippen molar-refractivity contribution in [3.05, 3.63) is 98.3 Å². The Hall–Kier alpha value is -3.51. The van der Waals surface area contributed by atoms with Crippen molar-refractivity contribution >= 4 is 28.5 Å². The summed E-state index contributed by atoms with van der Waals surface area (Å²) in [6.45, 7) is 4.72. The van der Waals surface area contributed by atoms with Crippen LogP contribution < -0.4 is 10.2 Å². The number of halogens is 1. The highest BCUT2D eigenvalue weighted by molar-refractivity contribution is 6.32. The molecule has 0 radical (unpaired) electrons. The molecule has 1 unspecified atom stereocenters. The van der Waals surface area contributed by atoms with E-state index in [0.717, 1.165) is 24.0 Å². The van der Waals surface area contributed by atoms with Gasteiger partial charge in [-0.1, -0.05) is 37.1 Å². The Labute approximate surface area is 201 Å². The second-order valence-corrected chi connectivity index (χ2v) is 8.87. The van der Waals surface area contributed by atoms with Gasteiger partial charge in [0.25, 0.3) is 5.91 Å². The predicted molar refractivity (Wildman–Crippen MR) is 130 cm³/mol. The van der Waals surface area contributed by atoms with Gasteiger partial charge in [-0.2, -0.15) is 0 Å². The van der Waals surface area contributed by atoms with Crippen molar-refractivity contribution in [1.82, 2.24) is 4.90 Å². The summed E-state index contributed by atoms with van der Waals surface area (Å²) in [6, 6.07) is 13.7. The first-order chi connectivity index (χ1) is 16.5. The first-order valence-corrected chi connectivity index (χ1v) is 11.7. The van der Waals surface area contributed by atoms with Crippen molar-refractivity contribution in [3.63, 3.8) is 0 Å². The third-order valence-electron chi connectivity index (χ3n) is 6.09. The molecule has 1 aliphatic heterocycles. The Bertz CT molecular complexity index is 1420. The molecule has 3 heterocycles. The van der Waals surface area contributed by atoms with Gasteiger partial charge in [-0.15, -0.1) is 0 Å². The van der Waals surface area contributed by atoms with Gasteiger partial charge in [0, 0.05) is 5.02 Å². The number of hydrogen-bond donors (Lipinski definition) is 0. The van der Waals surface area contributed by atoms with Crippen LogP contribution in [0.1, 0.15) is 58.8 Å². The maximum Gasteiger partial charge on any atom is 0.291 e. The van der Waals surface area contributed by atoms with Crippen LogP contribution in [0.3, 0.4) is 0 Å². The largest absolute Gasteiger partial charge is 0.494 e. The molecule has 2 aromatic heterocycles. The maximum atomic E-state index is 13.7. The molecule has 174 valence electrons. The van der Waals surface area contributed by atoms with E-state index >= 15 is 0 Å². The zero-order valence-electron chi connectivity index (χ0n) is 19.0. The third-order valence-corrected chi connectivity index (χ3v) is 6.50. The van der Waals surface area contributed by atoms with E-state index in [1.165, 1.54) is 0 Å². The molecule has 5 rings (SSSR count). The summed E-state index contributed by atoms with van der Waals surface area (Å²) in [5.74, 6) is 0.986. The number of furan rings is 1. The molecule has 7 heteroatoms. The van der Waals surface area contributed by atoms with Crippen LogP contribution >= 0.6 is 11.6 Å². The van der Waals surface area contributed by atoms with Crippen LogP contribution in [-0.4, -0.2) is 17.4 Å². The molecule has 1 amide bonds. The lowest BCUT2D eigenvalue weighted by Gasteiger charge is -2.24. The van der Waals surface area contributed by atoms with Crippen molar-refractivity contribution < 1.29 is 18.4 Å². The number of aryl methyl sites for hydroxylation is 1. The summed E-state index contributed by atoms with van der Waals surface area (Å²) >= 11 is 6.31. The lowest BCUT2D eigenvalue weighted by molar-refractivity contribution is 0.0701. The van der Waals surface area contributed by atoms with E-state index in [1.807, 2.05) is 31.2 Å². The van der Waals surface area contributed by atoms with Crippen LogP contribution in [0.25, 0.3) is 11.0 Å². The van der Waals surface area contributed by atoms with Crippen molar-refractivity contribution in [3.8, 4) is 5.75 Å². The van der Waals surface area contributed by atoms with E-state index in [1.54, 1.807) is 35.4 Å². The lowest BCUT2D eigenvalue weighted by atomic mass is 9.98. The molecular formula is C27H24ClNO5. The number of amides is 1. The lowest BCUT2D eigenvalue weighted by Crippen LogP contribution is -2.29. The molecule has 6 nitrogen and oxygen atoms in total. The van der Waals surface area contributed by atoms with Crippen LogP contribution in [0.2, 0.25) is 5.02 Å². The van der Waals surface area contributed by atoms with Crippen LogP contribution in [0.15, 0.2) is 68.4 Å². The topological polar surface area (TPSA) is 72.9 Å². The molecule has 0 spiro atoms. The molecule has 0 aliphatic carbocycles. The van der Waals surface area contributed by atoms with Gasteiger partial charge in [-0.05, 0) is 60.9 Å². The summed E-state index contributed by atoms with van der Waals surface area (Å²) in [7, 11) is 0. The van der Waals surface area contributed by atoms with Gasteiger partial charge in [0.05, 0.1) is 36.4 Å². The van der Waals surface area contributed by atoms with Gasteiger partial charge < -0.3 is 18.5 Å². The average Bonchev–Trinajstić information content (AvgIpc) is 3.43. The Morgan fingerprint density at radius 2 is 1.97 bits per heavy atom. The summed E-state index contributed by atoms with van der Waals surface area (Å²) in [4.78, 5) is 28.9. The molecule has 34 heavy (non-hydrogen) atoms. The van der Waals surface area contributed by atoms with Crippen molar-refractivity contribution in [1.29, 1.82) is 0 Å². The third kappa shape index (κ3) is 3.88. The summed E-state index contributed by atoms with van der Waals surface area (Å²) in [6.07, 6.45) is 3.52. The van der Waals surface area contributed by atoms with Gasteiger partial charge in [-0.3, -0.25) is 9.59 Å². The number of benzene rings is 2. The minimum Gasteiger partial charge on any atom is -0.494 e. The molecule has 0 bridgehead atoms. The maximum absolute atomic E-state index is 13.7. The monoisotopic (exact) mass is 477 g/mol. The predicted octanol–water partition coefficient (Wildman–Crippen LogP) is 6.27. The Morgan fingerprint density at radius 1 is 1.12 bits per heavy atom. The van der Waals surface area contributed by atoms with E-state index in [0.29, 0.717) is 39.7 Å². The van der Waals surface area contributed by atoms with E-state index in [-0.39, 0.29) is 23.6 Å². The number of ether oxygens (including phenoxy) is 1. The van der Waals surface area contributed by atoms with Crippen LogP contribution in [0.4, 0.5) is 0 Å². The Morgan fingerprint density at radius 3 is 2.74 bits per heavy atom. The fraction of sp³-hybridized carbons (Fsp3) is 0.259. The number of nitrogens with zero attached hydrogens (tertiary/aromatic N) is 1. The number of hydrogen-bond acceptors (Lipinski definition) is 5. The summed E-state index contributed by atoms with van der Waals surface area (Å²) in [5.41, 5.74) is 1.90. The standard InChI is InChI=1S/C27H24ClNO5/c1-3-4-10-32-18-8-5-7-17(13-18)24-23-25(30)20-14-21(28)16(2)12-22(20)34-26(23)27(31)29(24)15-19-9-6-11-33-19/h5-9,11-14,24H,3-4,10,15H2,1-2H3. The first-order valence-electron chi connectivity index (χ1n) is 11.3.